The number of hydrogen-bond acceptors (Lipinski definition) is 2. The predicted octanol–water partition coefficient (Wildman–Crippen LogP) is 3.50. The zero-order chi connectivity index (χ0) is 13.2. The Bertz CT molecular complexity index is 699. The zero-order valence-corrected chi connectivity index (χ0v) is 10.5. The molecule has 3 aromatic rings. The van der Waals surface area contributed by atoms with Gasteiger partial charge in [0.25, 0.3) is 0 Å². The Morgan fingerprint density at radius 3 is 2.26 bits per heavy atom. The number of nitrogen functional groups attached to an aromatic ring is 1. The maximum absolute atomic E-state index is 10.5. The van der Waals surface area contributed by atoms with Crippen LogP contribution in [0.15, 0.2) is 66.7 Å². The van der Waals surface area contributed by atoms with E-state index in [1.54, 1.807) is 0 Å². The lowest BCUT2D eigenvalue weighted by molar-refractivity contribution is 0.222. The van der Waals surface area contributed by atoms with E-state index in [4.69, 9.17) is 5.73 Å². The molecule has 1 atom stereocenters. The van der Waals surface area contributed by atoms with Gasteiger partial charge in [-0.2, -0.15) is 0 Å². The van der Waals surface area contributed by atoms with Crippen molar-refractivity contribution in [1.29, 1.82) is 0 Å². The van der Waals surface area contributed by atoms with Crippen LogP contribution in [0.2, 0.25) is 0 Å². The Morgan fingerprint density at radius 1 is 0.789 bits per heavy atom. The maximum atomic E-state index is 10.5. The molecule has 0 aliphatic carbocycles. The van der Waals surface area contributed by atoms with Crippen molar-refractivity contribution in [2.24, 2.45) is 0 Å². The number of aliphatic hydroxyl groups is 1. The van der Waals surface area contributed by atoms with Gasteiger partial charge in [0.15, 0.2) is 0 Å². The first-order valence-electron chi connectivity index (χ1n) is 6.27. The summed E-state index contributed by atoms with van der Waals surface area (Å²) in [6.45, 7) is 0. The van der Waals surface area contributed by atoms with Crippen molar-refractivity contribution in [3.8, 4) is 0 Å². The van der Waals surface area contributed by atoms with Crippen LogP contribution in [-0.2, 0) is 0 Å². The van der Waals surface area contributed by atoms with Crippen LogP contribution < -0.4 is 5.73 Å². The van der Waals surface area contributed by atoms with Gasteiger partial charge >= 0.3 is 0 Å². The topological polar surface area (TPSA) is 46.2 Å². The van der Waals surface area contributed by atoms with Gasteiger partial charge in [-0.25, -0.2) is 0 Å². The minimum Gasteiger partial charge on any atom is -0.399 e. The summed E-state index contributed by atoms with van der Waals surface area (Å²) in [6, 6.07) is 21.4. The van der Waals surface area contributed by atoms with Crippen LogP contribution in [0.25, 0.3) is 10.8 Å². The lowest BCUT2D eigenvalue weighted by Gasteiger charge is -2.14. The van der Waals surface area contributed by atoms with E-state index in [0.29, 0.717) is 5.69 Å². The van der Waals surface area contributed by atoms with Gasteiger partial charge < -0.3 is 10.8 Å². The van der Waals surface area contributed by atoms with Crippen molar-refractivity contribution in [3.05, 3.63) is 77.9 Å². The summed E-state index contributed by atoms with van der Waals surface area (Å²) in [5.41, 5.74) is 8.15. The first-order valence-corrected chi connectivity index (χ1v) is 6.27. The number of aliphatic hydroxyl groups excluding tert-OH is 1. The molecule has 0 unspecified atom stereocenters. The molecule has 3 N–H and O–H groups in total. The van der Waals surface area contributed by atoms with Gasteiger partial charge in [-0.15, -0.1) is 0 Å². The van der Waals surface area contributed by atoms with Crippen molar-refractivity contribution in [1.82, 2.24) is 0 Å². The highest BCUT2D eigenvalue weighted by Crippen LogP contribution is 2.29. The Morgan fingerprint density at radius 2 is 1.47 bits per heavy atom. The maximum Gasteiger partial charge on any atom is 0.105 e. The fourth-order valence-corrected chi connectivity index (χ4v) is 2.35. The van der Waals surface area contributed by atoms with Crippen molar-refractivity contribution < 1.29 is 5.11 Å². The molecule has 0 heterocycles. The standard InChI is InChI=1S/C17H15NO/c18-14-10-8-13(9-11-14)17(19)16-7-3-5-12-4-1-2-6-15(12)16/h1-11,17,19H,18H2/t17-/m1/s1. The largest absolute Gasteiger partial charge is 0.399 e. The highest BCUT2D eigenvalue weighted by Gasteiger charge is 2.12. The van der Waals surface area contributed by atoms with Crippen molar-refractivity contribution in [2.75, 3.05) is 5.73 Å². The minimum atomic E-state index is -0.633. The Kier molecular flexibility index (Phi) is 2.94. The molecule has 0 spiro atoms. The quantitative estimate of drug-likeness (QED) is 0.683. The summed E-state index contributed by atoms with van der Waals surface area (Å²) in [7, 11) is 0. The normalized spacial score (nSPS) is 12.5. The zero-order valence-electron chi connectivity index (χ0n) is 10.5. The molecule has 0 aliphatic heterocycles. The average molecular weight is 249 g/mol. The second kappa shape index (κ2) is 4.75. The molecule has 0 amide bonds. The molecule has 94 valence electrons. The summed E-state index contributed by atoms with van der Waals surface area (Å²) in [5, 5.41) is 12.8. The summed E-state index contributed by atoms with van der Waals surface area (Å²) in [4.78, 5) is 0. The van der Waals surface area contributed by atoms with Gasteiger partial charge in [0.05, 0.1) is 0 Å². The fraction of sp³-hybridized carbons (Fsp3) is 0.0588. The molecule has 0 saturated carbocycles. The van der Waals surface area contributed by atoms with E-state index in [-0.39, 0.29) is 0 Å². The Balaban J connectivity index is 2.11. The molecule has 2 heteroatoms. The van der Waals surface area contributed by atoms with Gasteiger partial charge in [-0.05, 0) is 34.0 Å². The van der Waals surface area contributed by atoms with Crippen LogP contribution in [0.5, 0.6) is 0 Å². The first-order chi connectivity index (χ1) is 9.25. The molecule has 3 aromatic carbocycles. The number of fused-ring (bicyclic) bond motifs is 1. The summed E-state index contributed by atoms with van der Waals surface area (Å²) in [5.74, 6) is 0. The number of nitrogens with two attached hydrogens (primary N) is 1. The number of hydrogen-bond donors (Lipinski definition) is 2. The SMILES string of the molecule is Nc1ccc([C@@H](O)c2cccc3ccccc23)cc1. The molecule has 0 fully saturated rings. The van der Waals surface area contributed by atoms with Gasteiger partial charge in [0, 0.05) is 5.69 Å². The third kappa shape index (κ3) is 2.18. The predicted molar refractivity (Wildman–Crippen MR) is 78.9 cm³/mol. The van der Waals surface area contributed by atoms with Crippen LogP contribution >= 0.6 is 0 Å². The van der Waals surface area contributed by atoms with Gasteiger partial charge in [-0.1, -0.05) is 54.6 Å². The molecular weight excluding hydrogens is 234 g/mol. The highest BCUT2D eigenvalue weighted by atomic mass is 16.3. The molecule has 2 nitrogen and oxygen atoms in total. The molecule has 0 aliphatic rings. The van der Waals surface area contributed by atoms with E-state index in [1.807, 2.05) is 54.6 Å². The van der Waals surface area contributed by atoms with Crippen LogP contribution in [0, 0.1) is 0 Å². The molecule has 0 radical (unpaired) electrons. The van der Waals surface area contributed by atoms with E-state index < -0.39 is 6.10 Å². The van der Waals surface area contributed by atoms with Gasteiger partial charge in [0.2, 0.25) is 0 Å². The van der Waals surface area contributed by atoms with E-state index in [9.17, 15) is 5.11 Å². The third-order valence-corrected chi connectivity index (χ3v) is 3.37. The summed E-state index contributed by atoms with van der Waals surface area (Å²) >= 11 is 0. The van der Waals surface area contributed by atoms with Gasteiger partial charge in [0.1, 0.15) is 6.10 Å². The second-order valence-corrected chi connectivity index (χ2v) is 4.64. The van der Waals surface area contributed by atoms with Crippen molar-refractivity contribution >= 4 is 16.5 Å². The molecule has 3 rings (SSSR count). The van der Waals surface area contributed by atoms with Crippen molar-refractivity contribution in [3.63, 3.8) is 0 Å². The molecule has 19 heavy (non-hydrogen) atoms. The van der Waals surface area contributed by atoms with Gasteiger partial charge in [-0.3, -0.25) is 0 Å². The number of anilines is 1. The Hall–Kier alpha value is -2.32. The van der Waals surface area contributed by atoms with Crippen LogP contribution in [-0.4, -0.2) is 5.11 Å². The fourth-order valence-electron chi connectivity index (χ4n) is 2.35. The van der Waals surface area contributed by atoms with E-state index in [0.717, 1.165) is 21.9 Å². The first kappa shape index (κ1) is 11.8. The third-order valence-electron chi connectivity index (χ3n) is 3.37. The molecule has 0 aromatic heterocycles. The smallest absolute Gasteiger partial charge is 0.105 e. The molecule has 0 bridgehead atoms. The number of benzene rings is 3. The van der Waals surface area contributed by atoms with Crippen LogP contribution in [0.3, 0.4) is 0 Å². The second-order valence-electron chi connectivity index (χ2n) is 4.64. The average Bonchev–Trinajstić information content (AvgIpc) is 2.47. The highest BCUT2D eigenvalue weighted by molar-refractivity contribution is 5.86. The van der Waals surface area contributed by atoms with Crippen LogP contribution in [0.4, 0.5) is 5.69 Å². The Labute approximate surface area is 112 Å². The minimum absolute atomic E-state index is 0.633. The van der Waals surface area contributed by atoms with E-state index in [2.05, 4.69) is 12.1 Å². The summed E-state index contributed by atoms with van der Waals surface area (Å²) < 4.78 is 0. The lowest BCUT2D eigenvalue weighted by atomic mass is 9.96. The lowest BCUT2D eigenvalue weighted by Crippen LogP contribution is -2.00. The van der Waals surface area contributed by atoms with E-state index >= 15 is 0 Å². The van der Waals surface area contributed by atoms with Crippen LogP contribution in [0.1, 0.15) is 17.2 Å². The molecule has 0 saturated heterocycles. The molecular formula is C17H15NO. The summed E-state index contributed by atoms with van der Waals surface area (Å²) in [6.07, 6.45) is -0.633. The monoisotopic (exact) mass is 249 g/mol. The van der Waals surface area contributed by atoms with E-state index in [1.165, 1.54) is 0 Å². The van der Waals surface area contributed by atoms with Crippen molar-refractivity contribution in [2.45, 2.75) is 6.10 Å². The number of rotatable bonds is 2.